The fraction of sp³-hybridized carbons (Fsp3) is 0.571. The molecule has 16 heteroatoms. The van der Waals surface area contributed by atoms with Crippen LogP contribution in [0.1, 0.15) is 58.7 Å². The van der Waals surface area contributed by atoms with Gasteiger partial charge in [0.2, 0.25) is 5.95 Å². The average molecular weight is 653 g/mol. The van der Waals surface area contributed by atoms with Gasteiger partial charge in [-0.1, -0.05) is 75.7 Å². The molecule has 3 heterocycles. The van der Waals surface area contributed by atoms with Gasteiger partial charge in [-0.05, 0) is 18.9 Å². The molecule has 1 aliphatic heterocycles. The molecule has 0 spiro atoms. The fourth-order valence-corrected chi connectivity index (χ4v) is 7.06. The van der Waals surface area contributed by atoms with Gasteiger partial charge in [-0.25, -0.2) is 14.6 Å². The SMILES string of the molecule is CCCCC(C)(C)C(=O)SCCOP(=O)(NCc1ccccc1)OCC1OC(n2cnc3c(=O)[nH]c(N)nc32)C(C)(O)C1O. The van der Waals surface area contributed by atoms with Crippen molar-refractivity contribution in [2.75, 3.05) is 24.7 Å². The number of aromatic amines is 1. The summed E-state index contributed by atoms with van der Waals surface area (Å²) in [5.74, 6) is 0.103. The van der Waals surface area contributed by atoms with E-state index >= 15 is 0 Å². The number of aliphatic hydroxyl groups is 2. The highest BCUT2D eigenvalue weighted by atomic mass is 32.2. The number of fused-ring (bicyclic) bond motifs is 1. The molecule has 0 radical (unpaired) electrons. The monoisotopic (exact) mass is 652 g/mol. The van der Waals surface area contributed by atoms with Gasteiger partial charge in [-0.3, -0.25) is 28.2 Å². The number of hydrogen-bond acceptors (Lipinski definition) is 12. The van der Waals surface area contributed by atoms with Crippen molar-refractivity contribution in [2.24, 2.45) is 5.41 Å². The van der Waals surface area contributed by atoms with Gasteiger partial charge in [-0.2, -0.15) is 4.98 Å². The topological polar surface area (TPSA) is 204 Å². The number of H-pyrrole nitrogens is 1. The predicted octanol–water partition coefficient (Wildman–Crippen LogP) is 3.12. The molecule has 0 saturated carbocycles. The van der Waals surface area contributed by atoms with Crippen LogP contribution in [0.5, 0.6) is 0 Å². The molecule has 14 nitrogen and oxygen atoms in total. The average Bonchev–Trinajstić information content (AvgIpc) is 3.50. The van der Waals surface area contributed by atoms with Crippen LogP contribution in [0.2, 0.25) is 0 Å². The van der Waals surface area contributed by atoms with Crippen molar-refractivity contribution < 1.29 is 33.4 Å². The van der Waals surface area contributed by atoms with Gasteiger partial charge in [0.05, 0.1) is 19.5 Å². The molecule has 2 aromatic heterocycles. The van der Waals surface area contributed by atoms with Gasteiger partial charge in [0.25, 0.3) is 5.56 Å². The second kappa shape index (κ2) is 14.2. The van der Waals surface area contributed by atoms with Gasteiger partial charge in [0.15, 0.2) is 22.5 Å². The lowest BCUT2D eigenvalue weighted by atomic mass is 9.89. The first-order chi connectivity index (χ1) is 20.8. The Balaban J connectivity index is 1.44. The Hall–Kier alpha value is -2.62. The number of nitrogens with two attached hydrogens (primary N) is 1. The van der Waals surface area contributed by atoms with Crippen molar-refractivity contribution >= 4 is 41.7 Å². The molecule has 0 aliphatic carbocycles. The minimum Gasteiger partial charge on any atom is -0.387 e. The first-order valence-corrected chi connectivity index (χ1v) is 16.9. The van der Waals surface area contributed by atoms with Gasteiger partial charge in [-0.15, -0.1) is 0 Å². The van der Waals surface area contributed by atoms with E-state index in [1.54, 1.807) is 0 Å². The molecule has 1 aromatic carbocycles. The van der Waals surface area contributed by atoms with E-state index in [1.807, 2.05) is 44.2 Å². The van der Waals surface area contributed by atoms with Crippen molar-refractivity contribution in [3.8, 4) is 0 Å². The molecule has 6 N–H and O–H groups in total. The molecule has 1 saturated heterocycles. The van der Waals surface area contributed by atoms with Gasteiger partial charge in [0, 0.05) is 17.7 Å². The van der Waals surface area contributed by atoms with Crippen LogP contribution < -0.4 is 16.4 Å². The van der Waals surface area contributed by atoms with E-state index in [-0.39, 0.29) is 41.1 Å². The zero-order chi connectivity index (χ0) is 32.1. The number of hydrogen-bond donors (Lipinski definition) is 5. The second-order valence-corrected chi connectivity index (χ2v) is 14.4. The number of rotatable bonds is 15. The molecule has 0 bridgehead atoms. The van der Waals surface area contributed by atoms with E-state index in [9.17, 15) is 24.4 Å². The number of aromatic nitrogens is 4. The lowest BCUT2D eigenvalue weighted by Gasteiger charge is -2.27. The highest BCUT2D eigenvalue weighted by Gasteiger charge is 2.54. The Bertz CT molecular complexity index is 1530. The molecule has 5 atom stereocenters. The maximum Gasteiger partial charge on any atom is 0.405 e. The van der Waals surface area contributed by atoms with Crippen LogP contribution >= 0.6 is 19.5 Å². The van der Waals surface area contributed by atoms with Crippen molar-refractivity contribution in [3.05, 3.63) is 52.6 Å². The summed E-state index contributed by atoms with van der Waals surface area (Å²) in [4.78, 5) is 35.5. The lowest BCUT2D eigenvalue weighted by molar-refractivity contribution is -0.118. The quantitative estimate of drug-likeness (QED) is 0.118. The Morgan fingerprint density at radius 3 is 2.75 bits per heavy atom. The smallest absolute Gasteiger partial charge is 0.387 e. The molecule has 1 aliphatic rings. The van der Waals surface area contributed by atoms with Crippen LogP contribution in [-0.4, -0.2) is 71.6 Å². The number of benzene rings is 1. The first kappa shape index (κ1) is 34.3. The molecule has 242 valence electrons. The van der Waals surface area contributed by atoms with Gasteiger partial charge >= 0.3 is 7.75 Å². The van der Waals surface area contributed by atoms with Crippen molar-refractivity contribution in [1.29, 1.82) is 0 Å². The molecular weight excluding hydrogens is 611 g/mol. The third-order valence-electron chi connectivity index (χ3n) is 7.47. The molecule has 3 aromatic rings. The van der Waals surface area contributed by atoms with Crippen LogP contribution in [0.25, 0.3) is 11.2 Å². The summed E-state index contributed by atoms with van der Waals surface area (Å²) in [6, 6.07) is 9.23. The normalized spacial score (nSPS) is 23.6. The number of unbranched alkanes of at least 4 members (excludes halogenated alkanes) is 1. The minimum absolute atomic E-state index is 0.0269. The van der Waals surface area contributed by atoms with Crippen LogP contribution in [0.15, 0.2) is 41.5 Å². The van der Waals surface area contributed by atoms with Crippen molar-refractivity contribution in [1.82, 2.24) is 24.6 Å². The van der Waals surface area contributed by atoms with E-state index < -0.39 is 49.4 Å². The predicted molar refractivity (Wildman–Crippen MR) is 167 cm³/mol. The second-order valence-electron chi connectivity index (χ2n) is 11.5. The number of aliphatic hydroxyl groups excluding tert-OH is 1. The minimum atomic E-state index is -4.00. The van der Waals surface area contributed by atoms with E-state index in [0.717, 1.165) is 36.6 Å². The molecule has 4 rings (SSSR count). The summed E-state index contributed by atoms with van der Waals surface area (Å²) in [5, 5.41) is 25.1. The first-order valence-electron chi connectivity index (χ1n) is 14.4. The van der Waals surface area contributed by atoms with E-state index in [0.29, 0.717) is 0 Å². The van der Waals surface area contributed by atoms with E-state index in [4.69, 9.17) is 19.5 Å². The van der Waals surface area contributed by atoms with Crippen LogP contribution in [-0.2, 0) is 29.7 Å². The fourth-order valence-electron chi connectivity index (χ4n) is 4.78. The zero-order valence-corrected chi connectivity index (χ0v) is 27.0. The third kappa shape index (κ3) is 7.96. The summed E-state index contributed by atoms with van der Waals surface area (Å²) in [5.41, 5.74) is 3.61. The summed E-state index contributed by atoms with van der Waals surface area (Å²) < 4.78 is 32.5. The maximum atomic E-state index is 13.8. The number of thioether (sulfide) groups is 1. The number of ether oxygens (including phenoxy) is 1. The standard InChI is InChI=1S/C28H41N6O8PS/c1-5-6-12-27(2,3)25(37)44-14-13-40-43(39,31-15-18-10-8-7-9-11-18)41-16-19-21(35)28(4,38)24(42-19)34-17-30-20-22(34)32-26(29)33-23(20)36/h7-11,17,19,21,24,35,38H,5-6,12-16H2,1-4H3,(H,31,39)(H3,29,32,33,36). The molecule has 1 fully saturated rings. The Morgan fingerprint density at radius 1 is 1.32 bits per heavy atom. The van der Waals surface area contributed by atoms with Crippen LogP contribution in [0, 0.1) is 5.41 Å². The van der Waals surface area contributed by atoms with Crippen molar-refractivity contribution in [2.45, 2.75) is 77.5 Å². The van der Waals surface area contributed by atoms with Crippen LogP contribution in [0.4, 0.5) is 5.95 Å². The molecular formula is C28H41N6O8PS. The van der Waals surface area contributed by atoms with Gasteiger partial charge in [0.1, 0.15) is 17.8 Å². The highest BCUT2D eigenvalue weighted by molar-refractivity contribution is 8.13. The third-order valence-corrected chi connectivity index (χ3v) is 10.2. The Kier molecular flexibility index (Phi) is 11.1. The highest BCUT2D eigenvalue weighted by Crippen LogP contribution is 2.47. The number of carbonyl (C=O) groups excluding carboxylic acids is 1. The van der Waals surface area contributed by atoms with E-state index in [1.165, 1.54) is 17.8 Å². The zero-order valence-electron chi connectivity index (χ0n) is 25.3. The summed E-state index contributed by atoms with van der Waals surface area (Å²) in [6.07, 6.45) is 0.0889. The summed E-state index contributed by atoms with van der Waals surface area (Å²) >= 11 is 1.12. The summed E-state index contributed by atoms with van der Waals surface area (Å²) in [6.45, 7) is 6.95. The largest absolute Gasteiger partial charge is 0.405 e. The molecule has 0 amide bonds. The molecule has 5 unspecified atom stereocenters. The number of imidazole rings is 1. The number of nitrogens with one attached hydrogen (secondary N) is 2. The van der Waals surface area contributed by atoms with Crippen molar-refractivity contribution in [3.63, 3.8) is 0 Å². The summed E-state index contributed by atoms with van der Waals surface area (Å²) in [7, 11) is -4.00. The number of anilines is 1. The maximum absolute atomic E-state index is 13.8. The Labute approximate surface area is 259 Å². The van der Waals surface area contributed by atoms with Crippen LogP contribution in [0.3, 0.4) is 0 Å². The van der Waals surface area contributed by atoms with Gasteiger partial charge < -0.3 is 20.7 Å². The van der Waals surface area contributed by atoms with E-state index in [2.05, 4.69) is 27.0 Å². The number of carbonyl (C=O) groups is 1. The number of nitrogen functional groups attached to an aromatic ring is 1. The number of nitrogens with zero attached hydrogens (tertiary/aromatic N) is 3. The lowest BCUT2D eigenvalue weighted by Crippen LogP contribution is -2.44. The Morgan fingerprint density at radius 2 is 2.05 bits per heavy atom. The molecule has 44 heavy (non-hydrogen) atoms.